The van der Waals surface area contributed by atoms with Crippen molar-refractivity contribution in [1.82, 2.24) is 14.5 Å². The van der Waals surface area contributed by atoms with Gasteiger partial charge in [-0.25, -0.2) is 12.7 Å². The molecular formula is C14H29N3O2S. The van der Waals surface area contributed by atoms with Crippen LogP contribution in [0.2, 0.25) is 0 Å². The fraction of sp³-hybridized carbons (Fsp3) is 1.00. The van der Waals surface area contributed by atoms with Crippen molar-refractivity contribution in [2.75, 3.05) is 52.1 Å². The van der Waals surface area contributed by atoms with Gasteiger partial charge in [0.2, 0.25) is 10.0 Å². The van der Waals surface area contributed by atoms with Gasteiger partial charge in [-0.15, -0.1) is 0 Å². The molecule has 2 rings (SSSR count). The molecule has 0 bridgehead atoms. The van der Waals surface area contributed by atoms with Crippen molar-refractivity contribution >= 4 is 10.0 Å². The number of hydrogen-bond donors (Lipinski definition) is 1. The fourth-order valence-electron chi connectivity index (χ4n) is 3.18. The molecule has 0 spiro atoms. The number of nitrogens with one attached hydrogen (secondary N) is 1. The molecule has 0 amide bonds. The quantitative estimate of drug-likeness (QED) is 0.786. The van der Waals surface area contributed by atoms with Gasteiger partial charge in [0.25, 0.3) is 0 Å². The molecule has 0 aromatic rings. The number of nitrogens with zero attached hydrogens (tertiary/aromatic N) is 2. The van der Waals surface area contributed by atoms with E-state index in [4.69, 9.17) is 0 Å². The number of piperazine rings is 1. The maximum atomic E-state index is 12.3. The minimum absolute atomic E-state index is 0.260. The van der Waals surface area contributed by atoms with Gasteiger partial charge < -0.3 is 5.32 Å². The highest BCUT2D eigenvalue weighted by molar-refractivity contribution is 7.89. The third-order valence-electron chi connectivity index (χ3n) is 4.59. The van der Waals surface area contributed by atoms with Crippen LogP contribution in [0.25, 0.3) is 0 Å². The zero-order valence-electron chi connectivity index (χ0n) is 12.7. The second-order valence-electron chi connectivity index (χ2n) is 6.19. The van der Waals surface area contributed by atoms with Crippen molar-refractivity contribution in [2.24, 2.45) is 5.92 Å². The summed E-state index contributed by atoms with van der Waals surface area (Å²) in [5.41, 5.74) is 0. The first-order chi connectivity index (χ1) is 9.58. The predicted molar refractivity (Wildman–Crippen MR) is 82.3 cm³/mol. The van der Waals surface area contributed by atoms with Crippen LogP contribution < -0.4 is 5.32 Å². The Morgan fingerprint density at radius 2 is 1.80 bits per heavy atom. The monoisotopic (exact) mass is 303 g/mol. The Labute approximate surface area is 123 Å². The summed E-state index contributed by atoms with van der Waals surface area (Å²) in [5.74, 6) is 0.832. The van der Waals surface area contributed by atoms with Crippen molar-refractivity contribution in [3.05, 3.63) is 0 Å². The van der Waals surface area contributed by atoms with Crippen LogP contribution in [-0.2, 0) is 10.0 Å². The summed E-state index contributed by atoms with van der Waals surface area (Å²) < 4.78 is 26.3. The van der Waals surface area contributed by atoms with E-state index in [1.165, 1.54) is 32.1 Å². The Hall–Kier alpha value is -0.170. The average molecular weight is 303 g/mol. The Morgan fingerprint density at radius 1 is 1.15 bits per heavy atom. The fourth-order valence-corrected chi connectivity index (χ4v) is 4.42. The second-order valence-corrected chi connectivity index (χ2v) is 8.39. The summed E-state index contributed by atoms with van der Waals surface area (Å²) in [5, 5.41) is 3.29. The van der Waals surface area contributed by atoms with Gasteiger partial charge in [0.05, 0.1) is 5.75 Å². The maximum absolute atomic E-state index is 12.3. The van der Waals surface area contributed by atoms with Gasteiger partial charge in [0.1, 0.15) is 0 Å². The first-order valence-electron chi connectivity index (χ1n) is 7.95. The lowest BCUT2D eigenvalue weighted by Crippen LogP contribution is -2.46. The van der Waals surface area contributed by atoms with Crippen molar-refractivity contribution in [3.63, 3.8) is 0 Å². The number of rotatable bonds is 6. The van der Waals surface area contributed by atoms with E-state index in [1.54, 1.807) is 11.4 Å². The summed E-state index contributed by atoms with van der Waals surface area (Å²) >= 11 is 0. The molecular weight excluding hydrogens is 274 g/mol. The molecule has 20 heavy (non-hydrogen) atoms. The van der Waals surface area contributed by atoms with Gasteiger partial charge in [-0.05, 0) is 18.8 Å². The first kappa shape index (κ1) is 16.2. The lowest BCUT2D eigenvalue weighted by Gasteiger charge is -2.29. The van der Waals surface area contributed by atoms with Crippen molar-refractivity contribution in [2.45, 2.75) is 32.1 Å². The van der Waals surface area contributed by atoms with Crippen molar-refractivity contribution in [3.8, 4) is 0 Å². The van der Waals surface area contributed by atoms with Gasteiger partial charge in [-0.3, -0.25) is 4.90 Å². The maximum Gasteiger partial charge on any atom is 0.215 e. The molecule has 0 atom stereocenters. The Morgan fingerprint density at radius 3 is 2.45 bits per heavy atom. The van der Waals surface area contributed by atoms with Crippen LogP contribution in [0.15, 0.2) is 0 Å². The van der Waals surface area contributed by atoms with E-state index in [2.05, 4.69) is 10.2 Å². The van der Waals surface area contributed by atoms with E-state index < -0.39 is 10.0 Å². The molecule has 0 aromatic heterocycles. The minimum atomic E-state index is -3.09. The van der Waals surface area contributed by atoms with Crippen LogP contribution >= 0.6 is 0 Å². The highest BCUT2D eigenvalue weighted by Crippen LogP contribution is 2.24. The normalized spacial score (nSPS) is 23.3. The van der Waals surface area contributed by atoms with Crippen LogP contribution in [0.4, 0.5) is 0 Å². The van der Waals surface area contributed by atoms with Gasteiger partial charge >= 0.3 is 0 Å². The molecule has 0 unspecified atom stereocenters. The van der Waals surface area contributed by atoms with E-state index in [1.807, 2.05) is 0 Å². The molecule has 1 aliphatic carbocycles. The van der Waals surface area contributed by atoms with E-state index in [-0.39, 0.29) is 5.75 Å². The third kappa shape index (κ3) is 4.98. The molecule has 1 N–H and O–H groups in total. The van der Waals surface area contributed by atoms with Crippen LogP contribution in [0.3, 0.4) is 0 Å². The molecule has 0 radical (unpaired) electrons. The van der Waals surface area contributed by atoms with Gasteiger partial charge in [0, 0.05) is 46.3 Å². The van der Waals surface area contributed by atoms with Crippen molar-refractivity contribution in [1.29, 1.82) is 0 Å². The predicted octanol–water partition coefficient (Wildman–Crippen LogP) is 0.734. The average Bonchev–Trinajstić information content (AvgIpc) is 2.47. The zero-order chi connectivity index (χ0) is 14.4. The zero-order valence-corrected chi connectivity index (χ0v) is 13.5. The van der Waals surface area contributed by atoms with E-state index in [0.717, 1.165) is 26.2 Å². The molecule has 6 heteroatoms. The highest BCUT2D eigenvalue weighted by Gasteiger charge is 2.24. The molecule has 1 heterocycles. The van der Waals surface area contributed by atoms with Crippen molar-refractivity contribution < 1.29 is 8.42 Å². The number of sulfonamides is 1. The minimum Gasteiger partial charge on any atom is -0.314 e. The van der Waals surface area contributed by atoms with E-state index >= 15 is 0 Å². The smallest absolute Gasteiger partial charge is 0.215 e. The summed E-state index contributed by atoms with van der Waals surface area (Å²) in [6.45, 7) is 5.24. The van der Waals surface area contributed by atoms with Crippen LogP contribution in [0.5, 0.6) is 0 Å². The van der Waals surface area contributed by atoms with Gasteiger partial charge in [-0.2, -0.15) is 0 Å². The van der Waals surface area contributed by atoms with Crippen LogP contribution in [0.1, 0.15) is 32.1 Å². The lowest BCUT2D eigenvalue weighted by molar-refractivity contribution is 0.251. The third-order valence-corrected chi connectivity index (χ3v) is 6.39. The lowest BCUT2D eigenvalue weighted by atomic mass is 9.89. The molecule has 1 aliphatic heterocycles. The molecule has 5 nitrogen and oxygen atoms in total. The van der Waals surface area contributed by atoms with Crippen LogP contribution in [0, 0.1) is 5.92 Å². The van der Waals surface area contributed by atoms with Gasteiger partial charge in [-0.1, -0.05) is 19.3 Å². The topological polar surface area (TPSA) is 52.7 Å². The van der Waals surface area contributed by atoms with E-state index in [0.29, 0.717) is 19.0 Å². The second kappa shape index (κ2) is 7.73. The number of hydrogen-bond acceptors (Lipinski definition) is 4. The molecule has 0 aromatic carbocycles. The molecule has 2 aliphatic rings. The molecule has 1 saturated carbocycles. The Bertz CT molecular complexity index is 374. The van der Waals surface area contributed by atoms with Gasteiger partial charge in [0.15, 0.2) is 0 Å². The van der Waals surface area contributed by atoms with E-state index in [9.17, 15) is 8.42 Å². The first-order valence-corrected chi connectivity index (χ1v) is 9.56. The largest absolute Gasteiger partial charge is 0.314 e. The SMILES string of the molecule is CN(CC1CCCCC1)S(=O)(=O)CCN1CCNCC1. The summed E-state index contributed by atoms with van der Waals surface area (Å²) in [4.78, 5) is 2.24. The molecule has 2 fully saturated rings. The van der Waals surface area contributed by atoms with Crippen LogP contribution in [-0.4, -0.2) is 69.7 Å². The molecule has 1 saturated heterocycles. The summed E-state index contributed by atoms with van der Waals surface area (Å²) in [7, 11) is -1.34. The summed E-state index contributed by atoms with van der Waals surface area (Å²) in [6, 6.07) is 0. The Balaban J connectivity index is 1.75. The highest BCUT2D eigenvalue weighted by atomic mass is 32.2. The standard InChI is InChI=1S/C14H29N3O2S/c1-16(13-14-5-3-2-4-6-14)20(18,19)12-11-17-9-7-15-8-10-17/h14-15H,2-13H2,1H3. The summed E-state index contributed by atoms with van der Waals surface area (Å²) in [6.07, 6.45) is 6.23. The molecule has 118 valence electrons. The Kier molecular flexibility index (Phi) is 6.26.